The molecule has 2 aromatic heterocycles. The Morgan fingerprint density at radius 1 is 1.03 bits per heavy atom. The first-order valence-electron chi connectivity index (χ1n) is 9.88. The molecule has 8 heteroatoms. The van der Waals surface area contributed by atoms with Crippen LogP contribution in [0, 0.1) is 5.92 Å². The Kier molecular flexibility index (Phi) is 5.69. The molecule has 1 fully saturated rings. The van der Waals surface area contributed by atoms with Crippen LogP contribution >= 0.6 is 0 Å². The molecule has 0 saturated heterocycles. The summed E-state index contributed by atoms with van der Waals surface area (Å²) in [6.45, 7) is 0.301. The molecule has 1 aliphatic carbocycles. The van der Waals surface area contributed by atoms with Gasteiger partial charge in [0.1, 0.15) is 0 Å². The van der Waals surface area contributed by atoms with Gasteiger partial charge in [-0.3, -0.25) is 9.78 Å². The van der Waals surface area contributed by atoms with Crippen molar-refractivity contribution in [2.45, 2.75) is 38.6 Å². The quantitative estimate of drug-likeness (QED) is 0.597. The van der Waals surface area contributed by atoms with Crippen LogP contribution in [0.15, 0.2) is 49.1 Å². The third-order valence-electron chi connectivity index (χ3n) is 5.14. The first-order chi connectivity index (χ1) is 14.2. The number of hydrogen-bond acceptors (Lipinski definition) is 4. The van der Waals surface area contributed by atoms with Gasteiger partial charge in [-0.2, -0.15) is 0 Å². The maximum atomic E-state index is 12.1. The van der Waals surface area contributed by atoms with E-state index in [4.69, 9.17) is 0 Å². The lowest BCUT2D eigenvalue weighted by Gasteiger charge is -2.11. The van der Waals surface area contributed by atoms with E-state index in [-0.39, 0.29) is 11.9 Å². The molecule has 1 aromatic carbocycles. The molecule has 0 atom stereocenters. The first kappa shape index (κ1) is 18.9. The lowest BCUT2D eigenvalue weighted by molar-refractivity contribution is -0.117. The second-order valence-electron chi connectivity index (χ2n) is 7.36. The van der Waals surface area contributed by atoms with Gasteiger partial charge in [-0.25, -0.2) is 9.78 Å². The minimum absolute atomic E-state index is 0.0534. The van der Waals surface area contributed by atoms with Crippen LogP contribution in [0.25, 0.3) is 5.65 Å². The summed E-state index contributed by atoms with van der Waals surface area (Å²) in [6, 6.07) is 6.78. The average molecular weight is 392 g/mol. The normalized spacial score (nSPS) is 14.1. The molecule has 4 rings (SSSR count). The minimum Gasteiger partial charge on any atom is -0.332 e. The average Bonchev–Trinajstić information content (AvgIpc) is 3.39. The lowest BCUT2D eigenvalue weighted by atomic mass is 10.0. The zero-order chi connectivity index (χ0) is 20.1. The first-order valence-corrected chi connectivity index (χ1v) is 9.88. The van der Waals surface area contributed by atoms with Crippen LogP contribution in [-0.2, 0) is 11.3 Å². The third kappa shape index (κ3) is 5.10. The third-order valence-corrected chi connectivity index (χ3v) is 5.14. The molecule has 0 aliphatic heterocycles. The highest BCUT2D eigenvalue weighted by Crippen LogP contribution is 2.27. The van der Waals surface area contributed by atoms with Crippen molar-refractivity contribution in [3.05, 3.63) is 54.7 Å². The SMILES string of the molecule is O=C(CC1CCCC1)Nc1ccc(NC(=O)NCc2cn3ccnc3cn2)cc1. The van der Waals surface area contributed by atoms with Gasteiger partial charge in [-0.05, 0) is 43.0 Å². The van der Waals surface area contributed by atoms with Crippen LogP contribution in [0.5, 0.6) is 0 Å². The number of anilines is 2. The Morgan fingerprint density at radius 2 is 1.76 bits per heavy atom. The van der Waals surface area contributed by atoms with Gasteiger partial charge in [0, 0.05) is 36.4 Å². The standard InChI is InChI=1S/C21H24N6O2/c28-20(11-15-3-1-2-4-15)25-16-5-7-17(8-6-16)26-21(29)24-12-18-14-27-10-9-22-19(27)13-23-18/h5-10,13-15H,1-4,11-12H2,(H,25,28)(H2,24,26,29). The van der Waals surface area contributed by atoms with Crippen molar-refractivity contribution in [1.29, 1.82) is 0 Å². The van der Waals surface area contributed by atoms with Crippen molar-refractivity contribution < 1.29 is 9.59 Å². The smallest absolute Gasteiger partial charge is 0.319 e. The van der Waals surface area contributed by atoms with E-state index in [0.29, 0.717) is 24.6 Å². The Labute approximate surface area is 168 Å². The topological polar surface area (TPSA) is 100 Å². The second kappa shape index (κ2) is 8.72. The van der Waals surface area contributed by atoms with Crippen molar-refractivity contribution in [3.63, 3.8) is 0 Å². The molecule has 0 spiro atoms. The number of amides is 3. The number of fused-ring (bicyclic) bond motifs is 1. The molecular formula is C21H24N6O2. The summed E-state index contributed by atoms with van der Waals surface area (Å²) in [5.74, 6) is 0.571. The number of benzene rings is 1. The fourth-order valence-electron chi connectivity index (χ4n) is 3.63. The number of imidazole rings is 1. The Hall–Kier alpha value is -3.42. The van der Waals surface area contributed by atoms with Gasteiger partial charge < -0.3 is 20.4 Å². The minimum atomic E-state index is -0.324. The summed E-state index contributed by atoms with van der Waals surface area (Å²) in [7, 11) is 0. The Bertz CT molecular complexity index is 992. The Morgan fingerprint density at radius 3 is 2.52 bits per heavy atom. The van der Waals surface area contributed by atoms with E-state index in [9.17, 15) is 9.59 Å². The van der Waals surface area contributed by atoms with Gasteiger partial charge in [-0.1, -0.05) is 12.8 Å². The highest BCUT2D eigenvalue weighted by molar-refractivity contribution is 5.92. The monoisotopic (exact) mass is 392 g/mol. The summed E-state index contributed by atoms with van der Waals surface area (Å²) in [5.41, 5.74) is 2.87. The summed E-state index contributed by atoms with van der Waals surface area (Å²) in [6.07, 6.45) is 12.4. The predicted molar refractivity (Wildman–Crippen MR) is 110 cm³/mol. The van der Waals surface area contributed by atoms with Gasteiger partial charge in [0.05, 0.1) is 18.4 Å². The van der Waals surface area contributed by atoms with Crippen molar-refractivity contribution in [2.75, 3.05) is 10.6 Å². The molecule has 0 radical (unpaired) electrons. The van der Waals surface area contributed by atoms with Crippen LogP contribution in [0.1, 0.15) is 37.8 Å². The molecule has 0 unspecified atom stereocenters. The molecule has 2 heterocycles. The summed E-state index contributed by atoms with van der Waals surface area (Å²) < 4.78 is 1.85. The van der Waals surface area contributed by atoms with Gasteiger partial charge in [-0.15, -0.1) is 0 Å². The van der Waals surface area contributed by atoms with Crippen LogP contribution in [0.4, 0.5) is 16.2 Å². The van der Waals surface area contributed by atoms with Crippen LogP contribution in [-0.4, -0.2) is 26.3 Å². The van der Waals surface area contributed by atoms with Crippen molar-refractivity contribution in [3.8, 4) is 0 Å². The fourth-order valence-corrected chi connectivity index (χ4v) is 3.63. The molecule has 29 heavy (non-hydrogen) atoms. The van der Waals surface area contributed by atoms with Crippen molar-refractivity contribution in [1.82, 2.24) is 19.7 Å². The van der Waals surface area contributed by atoms with E-state index >= 15 is 0 Å². The van der Waals surface area contributed by atoms with Crippen molar-refractivity contribution >= 4 is 29.0 Å². The largest absolute Gasteiger partial charge is 0.332 e. The number of urea groups is 1. The van der Waals surface area contributed by atoms with Crippen LogP contribution < -0.4 is 16.0 Å². The summed E-state index contributed by atoms with van der Waals surface area (Å²) in [4.78, 5) is 32.6. The highest BCUT2D eigenvalue weighted by Gasteiger charge is 2.18. The maximum absolute atomic E-state index is 12.1. The van der Waals surface area contributed by atoms with E-state index in [2.05, 4.69) is 25.9 Å². The van der Waals surface area contributed by atoms with Gasteiger partial charge in [0.25, 0.3) is 0 Å². The van der Waals surface area contributed by atoms with E-state index in [1.807, 2.05) is 16.8 Å². The molecule has 150 valence electrons. The number of aromatic nitrogens is 3. The second-order valence-corrected chi connectivity index (χ2v) is 7.36. The lowest BCUT2D eigenvalue weighted by Crippen LogP contribution is -2.28. The number of rotatable bonds is 6. The predicted octanol–water partition coefficient (Wildman–Crippen LogP) is 3.57. The molecule has 8 nitrogen and oxygen atoms in total. The van der Waals surface area contributed by atoms with Crippen molar-refractivity contribution in [2.24, 2.45) is 5.92 Å². The van der Waals surface area contributed by atoms with Crippen LogP contribution in [0.2, 0.25) is 0 Å². The Balaban J connectivity index is 1.24. The number of nitrogens with one attached hydrogen (secondary N) is 3. The molecular weight excluding hydrogens is 368 g/mol. The molecule has 0 bridgehead atoms. The molecule has 3 aromatic rings. The van der Waals surface area contributed by atoms with E-state index in [1.165, 1.54) is 12.8 Å². The fraction of sp³-hybridized carbons (Fsp3) is 0.333. The number of carbonyl (C=O) groups excluding carboxylic acids is 2. The number of hydrogen-bond donors (Lipinski definition) is 3. The zero-order valence-corrected chi connectivity index (χ0v) is 16.1. The highest BCUT2D eigenvalue weighted by atomic mass is 16.2. The van der Waals surface area contributed by atoms with Gasteiger partial charge >= 0.3 is 6.03 Å². The van der Waals surface area contributed by atoms with Gasteiger partial charge in [0.15, 0.2) is 5.65 Å². The van der Waals surface area contributed by atoms with Gasteiger partial charge in [0.2, 0.25) is 5.91 Å². The zero-order valence-electron chi connectivity index (χ0n) is 16.1. The molecule has 1 aliphatic rings. The number of carbonyl (C=O) groups is 2. The molecule has 3 amide bonds. The maximum Gasteiger partial charge on any atom is 0.319 e. The van der Waals surface area contributed by atoms with E-state index < -0.39 is 0 Å². The summed E-state index contributed by atoms with van der Waals surface area (Å²) >= 11 is 0. The molecule has 1 saturated carbocycles. The van der Waals surface area contributed by atoms with E-state index in [1.54, 1.807) is 36.7 Å². The van der Waals surface area contributed by atoms with Crippen LogP contribution in [0.3, 0.4) is 0 Å². The molecule has 3 N–H and O–H groups in total. The number of nitrogens with zero attached hydrogens (tertiary/aromatic N) is 3. The summed E-state index contributed by atoms with van der Waals surface area (Å²) in [5, 5.41) is 8.47. The van der Waals surface area contributed by atoms with E-state index in [0.717, 1.165) is 29.9 Å².